The van der Waals surface area contributed by atoms with Crippen LogP contribution in [-0.2, 0) is 31.1 Å². The van der Waals surface area contributed by atoms with E-state index in [0.29, 0.717) is 33.2 Å². The van der Waals surface area contributed by atoms with Gasteiger partial charge < -0.3 is 29.7 Å². The minimum absolute atomic E-state index is 0.0518. The Kier molecular flexibility index (Phi) is 12.4. The minimum Gasteiger partial charge on any atom is -0.487 e. The number of ether oxygens (including phenoxy) is 2. The van der Waals surface area contributed by atoms with Crippen molar-refractivity contribution in [2.75, 3.05) is 26.2 Å². The highest BCUT2D eigenvalue weighted by Gasteiger charge is 2.21. The Balaban J connectivity index is 1.20. The zero-order valence-corrected chi connectivity index (χ0v) is 30.6. The fraction of sp³-hybridized carbons (Fsp3) is 0.316. The van der Waals surface area contributed by atoms with E-state index in [4.69, 9.17) is 26.2 Å². The zero-order valence-electron chi connectivity index (χ0n) is 28.2. The minimum atomic E-state index is -1.18. The molecule has 0 spiro atoms. The van der Waals surface area contributed by atoms with Gasteiger partial charge in [0.2, 0.25) is 0 Å². The number of nitrogens with zero attached hydrogens (tertiary/aromatic N) is 5. The molecular formula is C38H38BrClN6O6. The summed E-state index contributed by atoms with van der Waals surface area (Å²) in [7, 11) is 0. The highest BCUT2D eigenvalue weighted by molar-refractivity contribution is 9.10. The van der Waals surface area contributed by atoms with E-state index in [1.165, 1.54) is 12.4 Å². The van der Waals surface area contributed by atoms with E-state index in [2.05, 4.69) is 49.3 Å². The van der Waals surface area contributed by atoms with Crippen LogP contribution in [0.3, 0.4) is 0 Å². The van der Waals surface area contributed by atoms with Crippen molar-refractivity contribution in [3.63, 3.8) is 0 Å². The third kappa shape index (κ3) is 8.90. The molecule has 0 saturated carbocycles. The molecule has 1 aliphatic rings. The number of aliphatic hydroxyl groups is 2. The summed E-state index contributed by atoms with van der Waals surface area (Å²) in [6, 6.07) is 18.1. The standard InChI is InChI=1S/C38H38BrClN6O6/c39-37-25(4-1-6-31(37)30-5-2-7-35-32(30)19-44-46(35)10-3-9-45-11-8-28(48)20-45)22-52-36-14-27(23-51-29-12-24(15-41)16-42-18-29)26(13-33(36)40)17-43-34(21-47)38(49)50/h1-2,4-7,12-14,16,18-19,28,34,43,47-48H,3,8-11,17,20-23H2,(H,49,50)/t28?,34-/m0/s1. The fourth-order valence-corrected chi connectivity index (χ4v) is 7.09. The van der Waals surface area contributed by atoms with Crippen LogP contribution in [0.15, 0.2) is 77.7 Å². The molecule has 3 heterocycles. The first-order chi connectivity index (χ1) is 25.2. The fourth-order valence-electron chi connectivity index (χ4n) is 6.26. The van der Waals surface area contributed by atoms with Gasteiger partial charge in [-0.25, -0.2) is 0 Å². The lowest BCUT2D eigenvalue weighted by molar-refractivity contribution is -0.140. The molecule has 12 nitrogen and oxygen atoms in total. The molecule has 14 heteroatoms. The summed E-state index contributed by atoms with van der Waals surface area (Å²) < 4.78 is 15.1. The highest BCUT2D eigenvalue weighted by atomic mass is 79.9. The number of aromatic nitrogens is 3. The number of fused-ring (bicyclic) bond motifs is 1. The molecule has 3 aromatic carbocycles. The van der Waals surface area contributed by atoms with Crippen LogP contribution in [0.25, 0.3) is 22.0 Å². The summed E-state index contributed by atoms with van der Waals surface area (Å²) in [5.41, 5.74) is 5.61. The molecule has 0 aliphatic carbocycles. The number of hydrogen-bond donors (Lipinski definition) is 4. The predicted molar refractivity (Wildman–Crippen MR) is 199 cm³/mol. The lowest BCUT2D eigenvalue weighted by Crippen LogP contribution is -2.39. The Morgan fingerprint density at radius 2 is 1.87 bits per heavy atom. The van der Waals surface area contributed by atoms with E-state index in [-0.39, 0.29) is 25.9 Å². The Morgan fingerprint density at radius 3 is 2.63 bits per heavy atom. The molecule has 0 bridgehead atoms. The first-order valence-electron chi connectivity index (χ1n) is 16.9. The number of aryl methyl sites for hydroxylation is 1. The Morgan fingerprint density at radius 1 is 1.06 bits per heavy atom. The lowest BCUT2D eigenvalue weighted by Gasteiger charge is -2.18. The van der Waals surface area contributed by atoms with Crippen LogP contribution in [0.4, 0.5) is 0 Å². The van der Waals surface area contributed by atoms with Gasteiger partial charge in [0.05, 0.1) is 41.2 Å². The number of hydrogen-bond acceptors (Lipinski definition) is 10. The molecule has 2 atom stereocenters. The van der Waals surface area contributed by atoms with Gasteiger partial charge in [0.1, 0.15) is 36.8 Å². The molecule has 2 aromatic heterocycles. The van der Waals surface area contributed by atoms with Gasteiger partial charge in [-0.2, -0.15) is 10.4 Å². The van der Waals surface area contributed by atoms with Gasteiger partial charge in [-0.3, -0.25) is 19.8 Å². The molecule has 52 heavy (non-hydrogen) atoms. The molecular weight excluding hydrogens is 752 g/mol. The molecule has 0 amide bonds. The van der Waals surface area contributed by atoms with Crippen molar-refractivity contribution in [2.24, 2.45) is 0 Å². The van der Waals surface area contributed by atoms with Crippen molar-refractivity contribution in [3.05, 3.63) is 105 Å². The number of carbonyl (C=O) groups is 1. The van der Waals surface area contributed by atoms with Gasteiger partial charge in [-0.1, -0.05) is 41.9 Å². The predicted octanol–water partition coefficient (Wildman–Crippen LogP) is 5.54. The molecule has 1 saturated heterocycles. The number of rotatable bonds is 16. The van der Waals surface area contributed by atoms with Crippen molar-refractivity contribution in [2.45, 2.75) is 51.3 Å². The SMILES string of the molecule is N#Cc1cncc(OCc2cc(OCc3cccc(-c4cccc5c4cnn5CCCN4CCC(O)C4)c3Br)c(Cl)cc2CN[C@@H](CO)C(=O)O)c1. The van der Waals surface area contributed by atoms with Gasteiger partial charge in [-0.15, -0.1) is 0 Å². The van der Waals surface area contributed by atoms with Crippen LogP contribution in [-0.4, -0.2) is 79.3 Å². The molecule has 1 fully saturated rings. The average molecular weight is 790 g/mol. The summed E-state index contributed by atoms with van der Waals surface area (Å²) in [5, 5.41) is 46.9. The maximum absolute atomic E-state index is 11.5. The van der Waals surface area contributed by atoms with Crippen molar-refractivity contribution in [3.8, 4) is 28.7 Å². The number of aliphatic hydroxyl groups excluding tert-OH is 2. The number of carboxylic acids is 1. The molecule has 270 valence electrons. The third-order valence-electron chi connectivity index (χ3n) is 9.04. The lowest BCUT2D eigenvalue weighted by atomic mass is 10.00. The Hall–Kier alpha value is -4.55. The van der Waals surface area contributed by atoms with Crippen LogP contribution >= 0.6 is 27.5 Å². The van der Waals surface area contributed by atoms with E-state index in [1.807, 2.05) is 35.1 Å². The maximum Gasteiger partial charge on any atom is 0.323 e. The number of carboxylic acid groups (broad SMARTS) is 1. The van der Waals surface area contributed by atoms with Gasteiger partial charge in [0.15, 0.2) is 0 Å². The second kappa shape index (κ2) is 17.3. The average Bonchev–Trinajstić information content (AvgIpc) is 3.77. The quantitative estimate of drug-likeness (QED) is 0.0993. The van der Waals surface area contributed by atoms with Crippen molar-refractivity contribution >= 4 is 44.4 Å². The number of pyridine rings is 1. The normalized spacial score (nSPS) is 15.1. The summed E-state index contributed by atoms with van der Waals surface area (Å²) >= 11 is 10.5. The number of halogens is 2. The summed E-state index contributed by atoms with van der Waals surface area (Å²) in [5.74, 6) is -0.397. The Labute approximate surface area is 314 Å². The molecule has 4 N–H and O–H groups in total. The number of nitriles is 1. The van der Waals surface area contributed by atoms with Gasteiger partial charge in [0.25, 0.3) is 0 Å². The van der Waals surface area contributed by atoms with E-state index in [0.717, 1.165) is 71.1 Å². The number of aliphatic carboxylic acids is 1. The van der Waals surface area contributed by atoms with E-state index < -0.39 is 18.6 Å². The van der Waals surface area contributed by atoms with Crippen molar-refractivity contribution in [1.29, 1.82) is 5.26 Å². The zero-order chi connectivity index (χ0) is 36.6. The van der Waals surface area contributed by atoms with Crippen molar-refractivity contribution in [1.82, 2.24) is 25.0 Å². The number of likely N-dealkylation sites (tertiary alicyclic amines) is 1. The summed E-state index contributed by atoms with van der Waals surface area (Å²) in [6.45, 7) is 3.11. The van der Waals surface area contributed by atoms with Crippen LogP contribution in [0, 0.1) is 11.3 Å². The smallest absolute Gasteiger partial charge is 0.323 e. The Bertz CT molecular complexity index is 2090. The summed E-state index contributed by atoms with van der Waals surface area (Å²) in [4.78, 5) is 17.8. The van der Waals surface area contributed by atoms with E-state index >= 15 is 0 Å². The number of β-amino-alcohol motifs (C(OH)–C–C–N with tert-alkyl or cyclic N) is 1. The third-order valence-corrected chi connectivity index (χ3v) is 10.3. The topological polar surface area (TPSA) is 166 Å². The van der Waals surface area contributed by atoms with Crippen molar-refractivity contribution < 1.29 is 29.6 Å². The van der Waals surface area contributed by atoms with Crippen LogP contribution in [0.2, 0.25) is 5.02 Å². The first-order valence-corrected chi connectivity index (χ1v) is 18.0. The largest absolute Gasteiger partial charge is 0.487 e. The second-order valence-electron chi connectivity index (χ2n) is 12.6. The van der Waals surface area contributed by atoms with Gasteiger partial charge >= 0.3 is 5.97 Å². The molecule has 0 radical (unpaired) electrons. The molecule has 1 unspecified atom stereocenters. The van der Waals surface area contributed by atoms with Gasteiger partial charge in [-0.05, 0) is 69.2 Å². The van der Waals surface area contributed by atoms with Crippen LogP contribution in [0.5, 0.6) is 11.5 Å². The molecule has 5 aromatic rings. The number of nitrogens with one attached hydrogen (secondary N) is 1. The molecule has 6 rings (SSSR count). The van der Waals surface area contributed by atoms with Crippen LogP contribution < -0.4 is 14.8 Å². The highest BCUT2D eigenvalue weighted by Crippen LogP contribution is 2.37. The molecule has 1 aliphatic heterocycles. The number of benzene rings is 3. The maximum atomic E-state index is 11.5. The monoisotopic (exact) mass is 788 g/mol. The van der Waals surface area contributed by atoms with E-state index in [1.54, 1.807) is 18.2 Å². The van der Waals surface area contributed by atoms with Crippen LogP contribution in [0.1, 0.15) is 35.1 Å². The first kappa shape index (κ1) is 37.2. The van der Waals surface area contributed by atoms with E-state index in [9.17, 15) is 25.4 Å². The second-order valence-corrected chi connectivity index (χ2v) is 13.8. The summed E-state index contributed by atoms with van der Waals surface area (Å²) in [6.07, 6.45) is 6.39. The van der Waals surface area contributed by atoms with Gasteiger partial charge in [0, 0.05) is 60.4 Å².